The van der Waals surface area contributed by atoms with Crippen LogP contribution in [0.4, 0.5) is 0 Å². The molecular formula is C21H14ClN3. The standard InChI is InChI=1S/C21H14ClN3/c22-20-13-7-12-17(23-20)19-14-18(15-8-3-1-4-9-15)24-21(25-19)16-10-5-2-6-11-16/h1-14H. The normalized spacial score (nSPS) is 10.6. The summed E-state index contributed by atoms with van der Waals surface area (Å²) in [5.41, 5.74) is 4.32. The first-order valence-electron chi connectivity index (χ1n) is 7.92. The fourth-order valence-electron chi connectivity index (χ4n) is 2.60. The van der Waals surface area contributed by atoms with Gasteiger partial charge in [0, 0.05) is 11.1 Å². The lowest BCUT2D eigenvalue weighted by Gasteiger charge is -2.09. The second-order valence-corrected chi connectivity index (χ2v) is 5.93. The minimum atomic E-state index is 0.443. The summed E-state index contributed by atoms with van der Waals surface area (Å²) in [6.07, 6.45) is 0. The zero-order chi connectivity index (χ0) is 17.1. The Hall–Kier alpha value is -3.04. The molecule has 0 aliphatic heterocycles. The van der Waals surface area contributed by atoms with Crippen LogP contribution in [0.3, 0.4) is 0 Å². The maximum absolute atomic E-state index is 6.05. The van der Waals surface area contributed by atoms with Gasteiger partial charge in [-0.15, -0.1) is 0 Å². The molecular weight excluding hydrogens is 330 g/mol. The van der Waals surface area contributed by atoms with E-state index >= 15 is 0 Å². The van der Waals surface area contributed by atoms with E-state index in [1.807, 2.05) is 78.9 Å². The fourth-order valence-corrected chi connectivity index (χ4v) is 2.77. The number of aromatic nitrogens is 3. The van der Waals surface area contributed by atoms with Crippen LogP contribution in [0.5, 0.6) is 0 Å². The molecule has 0 aliphatic rings. The molecule has 0 saturated carbocycles. The summed E-state index contributed by atoms with van der Waals surface area (Å²) in [5.74, 6) is 0.665. The van der Waals surface area contributed by atoms with Gasteiger partial charge in [-0.2, -0.15) is 0 Å². The monoisotopic (exact) mass is 343 g/mol. The second-order valence-electron chi connectivity index (χ2n) is 5.54. The van der Waals surface area contributed by atoms with Crippen molar-refractivity contribution in [3.8, 4) is 34.0 Å². The number of nitrogens with zero attached hydrogens (tertiary/aromatic N) is 3. The van der Waals surface area contributed by atoms with Gasteiger partial charge in [-0.25, -0.2) is 15.0 Å². The van der Waals surface area contributed by atoms with Gasteiger partial charge in [0.15, 0.2) is 5.82 Å². The Morgan fingerprint density at radius 1 is 0.520 bits per heavy atom. The van der Waals surface area contributed by atoms with Gasteiger partial charge in [0.2, 0.25) is 0 Å². The van der Waals surface area contributed by atoms with Crippen molar-refractivity contribution in [1.29, 1.82) is 0 Å². The third-order valence-corrected chi connectivity index (χ3v) is 4.02. The summed E-state index contributed by atoms with van der Waals surface area (Å²) >= 11 is 6.05. The molecule has 4 heteroatoms. The summed E-state index contributed by atoms with van der Waals surface area (Å²) in [6, 6.07) is 27.4. The molecule has 0 saturated heterocycles. The number of hydrogen-bond donors (Lipinski definition) is 0. The van der Waals surface area contributed by atoms with E-state index < -0.39 is 0 Å². The van der Waals surface area contributed by atoms with Crippen LogP contribution in [-0.4, -0.2) is 15.0 Å². The molecule has 4 aromatic rings. The molecule has 0 fully saturated rings. The van der Waals surface area contributed by atoms with Crippen molar-refractivity contribution >= 4 is 11.6 Å². The Labute approximate surface area is 151 Å². The topological polar surface area (TPSA) is 38.7 Å². The first-order valence-corrected chi connectivity index (χ1v) is 8.30. The Bertz CT molecular complexity index is 944. The lowest BCUT2D eigenvalue weighted by molar-refractivity contribution is 1.16. The molecule has 0 atom stereocenters. The predicted octanol–water partition coefficient (Wildman–Crippen LogP) is 5.53. The highest BCUT2D eigenvalue weighted by atomic mass is 35.5. The maximum Gasteiger partial charge on any atom is 0.160 e. The Morgan fingerprint density at radius 2 is 1.16 bits per heavy atom. The van der Waals surface area contributed by atoms with Gasteiger partial charge in [0.25, 0.3) is 0 Å². The zero-order valence-corrected chi connectivity index (χ0v) is 14.1. The smallest absolute Gasteiger partial charge is 0.160 e. The maximum atomic E-state index is 6.05. The van der Waals surface area contributed by atoms with Crippen LogP contribution in [-0.2, 0) is 0 Å². The third kappa shape index (κ3) is 3.42. The van der Waals surface area contributed by atoms with Crippen LogP contribution in [0.15, 0.2) is 84.9 Å². The quantitative estimate of drug-likeness (QED) is 0.459. The van der Waals surface area contributed by atoms with Crippen molar-refractivity contribution in [2.75, 3.05) is 0 Å². The van der Waals surface area contributed by atoms with Crippen LogP contribution in [0, 0.1) is 0 Å². The summed E-state index contributed by atoms with van der Waals surface area (Å²) in [5, 5.41) is 0.443. The highest BCUT2D eigenvalue weighted by Gasteiger charge is 2.11. The summed E-state index contributed by atoms with van der Waals surface area (Å²) in [6.45, 7) is 0. The predicted molar refractivity (Wildman–Crippen MR) is 101 cm³/mol. The SMILES string of the molecule is Clc1cccc(-c2cc(-c3ccccc3)nc(-c3ccccc3)n2)n1. The van der Waals surface area contributed by atoms with Gasteiger partial charge < -0.3 is 0 Å². The number of rotatable bonds is 3. The van der Waals surface area contributed by atoms with E-state index in [1.54, 1.807) is 6.07 Å². The van der Waals surface area contributed by atoms with Gasteiger partial charge in [-0.3, -0.25) is 0 Å². The van der Waals surface area contributed by atoms with Gasteiger partial charge in [-0.05, 0) is 18.2 Å². The van der Waals surface area contributed by atoms with Gasteiger partial charge in [0.1, 0.15) is 5.15 Å². The molecule has 25 heavy (non-hydrogen) atoms. The van der Waals surface area contributed by atoms with E-state index in [2.05, 4.69) is 4.98 Å². The first-order chi connectivity index (χ1) is 12.3. The van der Waals surface area contributed by atoms with E-state index in [1.165, 1.54) is 0 Å². The molecule has 2 heterocycles. The van der Waals surface area contributed by atoms with Gasteiger partial charge >= 0.3 is 0 Å². The molecule has 0 unspecified atom stereocenters. The minimum absolute atomic E-state index is 0.443. The van der Waals surface area contributed by atoms with Gasteiger partial charge in [0.05, 0.1) is 17.1 Å². The van der Waals surface area contributed by atoms with Crippen molar-refractivity contribution in [2.24, 2.45) is 0 Å². The fraction of sp³-hybridized carbons (Fsp3) is 0. The van der Waals surface area contributed by atoms with Crippen molar-refractivity contribution in [2.45, 2.75) is 0 Å². The molecule has 0 spiro atoms. The summed E-state index contributed by atoms with van der Waals surface area (Å²) in [4.78, 5) is 13.8. The Morgan fingerprint density at radius 3 is 1.84 bits per heavy atom. The van der Waals surface area contributed by atoms with E-state index in [9.17, 15) is 0 Å². The van der Waals surface area contributed by atoms with Crippen molar-refractivity contribution in [1.82, 2.24) is 15.0 Å². The second kappa shape index (κ2) is 6.83. The van der Waals surface area contributed by atoms with Crippen molar-refractivity contribution < 1.29 is 0 Å². The summed E-state index contributed by atoms with van der Waals surface area (Å²) < 4.78 is 0. The molecule has 0 radical (unpaired) electrons. The molecule has 0 aliphatic carbocycles. The molecule has 120 valence electrons. The molecule has 2 aromatic heterocycles. The number of pyridine rings is 1. The third-order valence-electron chi connectivity index (χ3n) is 3.81. The van der Waals surface area contributed by atoms with Crippen LogP contribution in [0.1, 0.15) is 0 Å². The minimum Gasteiger partial charge on any atom is -0.234 e. The molecule has 2 aromatic carbocycles. The summed E-state index contributed by atoms with van der Waals surface area (Å²) in [7, 11) is 0. The zero-order valence-electron chi connectivity index (χ0n) is 13.3. The van der Waals surface area contributed by atoms with Crippen LogP contribution >= 0.6 is 11.6 Å². The lowest BCUT2D eigenvalue weighted by Crippen LogP contribution is -1.96. The number of benzene rings is 2. The molecule has 0 amide bonds. The van der Waals surface area contributed by atoms with E-state index in [0.717, 1.165) is 28.2 Å². The van der Waals surface area contributed by atoms with Crippen LogP contribution in [0.25, 0.3) is 34.0 Å². The van der Waals surface area contributed by atoms with Crippen LogP contribution in [0.2, 0.25) is 5.15 Å². The number of hydrogen-bond acceptors (Lipinski definition) is 3. The van der Waals surface area contributed by atoms with Crippen LogP contribution < -0.4 is 0 Å². The Balaban J connectivity index is 1.92. The van der Waals surface area contributed by atoms with E-state index in [-0.39, 0.29) is 0 Å². The van der Waals surface area contributed by atoms with Crippen molar-refractivity contribution in [3.63, 3.8) is 0 Å². The highest BCUT2D eigenvalue weighted by molar-refractivity contribution is 6.29. The molecule has 3 nitrogen and oxygen atoms in total. The van der Waals surface area contributed by atoms with E-state index in [4.69, 9.17) is 21.6 Å². The highest BCUT2D eigenvalue weighted by Crippen LogP contribution is 2.26. The average Bonchev–Trinajstić information content (AvgIpc) is 2.69. The van der Waals surface area contributed by atoms with Crippen molar-refractivity contribution in [3.05, 3.63) is 90.1 Å². The lowest BCUT2D eigenvalue weighted by atomic mass is 10.1. The van der Waals surface area contributed by atoms with E-state index in [0.29, 0.717) is 11.0 Å². The largest absolute Gasteiger partial charge is 0.234 e. The molecule has 0 bridgehead atoms. The average molecular weight is 344 g/mol. The molecule has 4 rings (SSSR count). The first kappa shape index (κ1) is 15.5. The Kier molecular flexibility index (Phi) is 4.23. The molecule has 0 N–H and O–H groups in total. The van der Waals surface area contributed by atoms with Gasteiger partial charge in [-0.1, -0.05) is 78.3 Å². The number of halogens is 1.